The molecule has 0 bridgehead atoms. The van der Waals surface area contributed by atoms with E-state index in [4.69, 9.17) is 5.73 Å². The van der Waals surface area contributed by atoms with Crippen LogP contribution < -0.4 is 0 Å². The monoisotopic (exact) mass is 284 g/mol. The summed E-state index contributed by atoms with van der Waals surface area (Å²) in [4.78, 5) is 8.29. The molecule has 0 atom stereocenters. The Bertz CT molecular complexity index is 979. The lowest BCUT2D eigenvalue weighted by atomic mass is 10.1. The Kier molecular flexibility index (Phi) is 2.86. The molecule has 2 heterocycles. The van der Waals surface area contributed by atoms with Crippen LogP contribution in [0.25, 0.3) is 32.6 Å². The number of benzene rings is 2. The van der Waals surface area contributed by atoms with E-state index in [1.54, 1.807) is 24.7 Å². The van der Waals surface area contributed by atoms with E-state index in [1.807, 2.05) is 42.6 Å². The first-order chi connectivity index (χ1) is 10.8. The normalized spacial score (nSPS) is 10.9. The van der Waals surface area contributed by atoms with Gasteiger partial charge in [0.25, 0.3) is 0 Å². The number of pyridine rings is 2. The average molecular weight is 284 g/mol. The quantitative estimate of drug-likeness (QED) is 0.466. The molecule has 0 aliphatic rings. The van der Waals surface area contributed by atoms with Crippen LogP contribution in [0.3, 0.4) is 0 Å². The summed E-state index contributed by atoms with van der Waals surface area (Å²) in [5, 5.41) is 8.75. The van der Waals surface area contributed by atoms with Gasteiger partial charge in [0.05, 0.1) is 0 Å². The van der Waals surface area contributed by atoms with Gasteiger partial charge in [0.15, 0.2) is 0 Å². The number of hydrogen-bond acceptors (Lipinski definition) is 2. The third kappa shape index (κ3) is 2.11. The lowest BCUT2D eigenvalue weighted by Crippen LogP contribution is -1.79. The summed E-state index contributed by atoms with van der Waals surface area (Å²) in [6, 6.07) is 13.5. The minimum Gasteiger partial charge on any atom is -0.700 e. The first-order valence-corrected chi connectivity index (χ1v) is 6.95. The second-order valence-corrected chi connectivity index (χ2v) is 5.08. The first kappa shape index (κ1) is 12.6. The van der Waals surface area contributed by atoms with Gasteiger partial charge in [-0.1, -0.05) is 30.3 Å². The van der Waals surface area contributed by atoms with Gasteiger partial charge in [-0.15, -0.1) is 11.4 Å². The van der Waals surface area contributed by atoms with Crippen LogP contribution >= 0.6 is 0 Å². The van der Waals surface area contributed by atoms with Gasteiger partial charge >= 0.3 is 0 Å². The fourth-order valence-corrected chi connectivity index (χ4v) is 2.54. The van der Waals surface area contributed by atoms with E-state index >= 15 is 0 Å². The molecule has 0 unspecified atom stereocenters. The zero-order valence-corrected chi connectivity index (χ0v) is 11.7. The van der Waals surface area contributed by atoms with Gasteiger partial charge in [-0.25, -0.2) is 0 Å². The van der Waals surface area contributed by atoms with Crippen LogP contribution in [0.2, 0.25) is 0 Å². The number of nitrogens with one attached hydrogen (secondary N) is 1. The van der Waals surface area contributed by atoms with Crippen molar-refractivity contribution < 1.29 is 0 Å². The van der Waals surface area contributed by atoms with Crippen LogP contribution in [0.4, 0.5) is 17.1 Å². The zero-order chi connectivity index (χ0) is 14.9. The van der Waals surface area contributed by atoms with E-state index in [9.17, 15) is 0 Å². The minimum atomic E-state index is 0.395. The van der Waals surface area contributed by atoms with E-state index in [-0.39, 0.29) is 0 Å². The van der Waals surface area contributed by atoms with Crippen molar-refractivity contribution in [3.8, 4) is 0 Å². The molecule has 0 fully saturated rings. The predicted octanol–water partition coefficient (Wildman–Crippen LogP) is 5.80. The second-order valence-electron chi connectivity index (χ2n) is 5.08. The molecular formula is C18H12N4-2. The van der Waals surface area contributed by atoms with Gasteiger partial charge in [-0.05, 0) is 33.7 Å². The van der Waals surface area contributed by atoms with Crippen LogP contribution in [0.15, 0.2) is 67.3 Å². The van der Waals surface area contributed by atoms with Crippen LogP contribution in [0, 0.1) is 0 Å². The smallest absolute Gasteiger partial charge is 0.0345 e. The molecule has 4 heteroatoms. The van der Waals surface area contributed by atoms with Crippen molar-refractivity contribution >= 4 is 38.6 Å². The number of nitrogens with zero attached hydrogens (tertiary/aromatic N) is 3. The van der Waals surface area contributed by atoms with Crippen LogP contribution in [-0.4, -0.2) is 9.97 Å². The molecule has 0 amide bonds. The Morgan fingerprint density at radius 1 is 0.773 bits per heavy atom. The molecule has 0 saturated heterocycles. The highest BCUT2D eigenvalue weighted by Gasteiger charge is 1.96. The SMILES string of the molecule is [NH-]c1ccc2ccncc2c1[N-]c1ccc2ccncc2c1. The van der Waals surface area contributed by atoms with Crippen LogP contribution in [0.1, 0.15) is 0 Å². The average Bonchev–Trinajstić information content (AvgIpc) is 2.57. The molecule has 4 rings (SSSR count). The Morgan fingerprint density at radius 3 is 2.45 bits per heavy atom. The number of aromatic nitrogens is 2. The summed E-state index contributed by atoms with van der Waals surface area (Å²) >= 11 is 0. The fourth-order valence-electron chi connectivity index (χ4n) is 2.54. The largest absolute Gasteiger partial charge is 0.700 e. The van der Waals surface area contributed by atoms with Gasteiger partial charge in [-0.3, -0.25) is 9.97 Å². The molecular weight excluding hydrogens is 272 g/mol. The van der Waals surface area contributed by atoms with E-state index in [0.717, 1.165) is 27.2 Å². The molecule has 0 saturated carbocycles. The Labute approximate surface area is 127 Å². The summed E-state index contributed by atoms with van der Waals surface area (Å²) in [7, 11) is 0. The molecule has 4 nitrogen and oxygen atoms in total. The second kappa shape index (κ2) is 5.00. The maximum absolute atomic E-state index is 8.13. The van der Waals surface area contributed by atoms with Crippen molar-refractivity contribution in [3.63, 3.8) is 0 Å². The number of rotatable bonds is 2. The van der Waals surface area contributed by atoms with Crippen LogP contribution in [0.5, 0.6) is 0 Å². The van der Waals surface area contributed by atoms with Crippen molar-refractivity contribution in [3.05, 3.63) is 78.3 Å². The molecule has 4 aromatic rings. The van der Waals surface area contributed by atoms with Crippen molar-refractivity contribution in [1.29, 1.82) is 0 Å². The third-order valence-electron chi connectivity index (χ3n) is 3.66. The molecule has 22 heavy (non-hydrogen) atoms. The summed E-state index contributed by atoms with van der Waals surface area (Å²) in [5.74, 6) is 0. The highest BCUT2D eigenvalue weighted by Crippen LogP contribution is 2.43. The number of hydrogen-bond donors (Lipinski definition) is 0. The highest BCUT2D eigenvalue weighted by molar-refractivity contribution is 6.03. The minimum absolute atomic E-state index is 0.395. The Hall–Kier alpha value is -3.14. The Balaban J connectivity index is 1.83. The van der Waals surface area contributed by atoms with Gasteiger partial charge in [0.1, 0.15) is 0 Å². The first-order valence-electron chi connectivity index (χ1n) is 6.95. The van der Waals surface area contributed by atoms with Crippen molar-refractivity contribution in [1.82, 2.24) is 9.97 Å². The summed E-state index contributed by atoms with van der Waals surface area (Å²) in [5.41, 5.74) is 9.98. The van der Waals surface area contributed by atoms with E-state index < -0.39 is 0 Å². The Morgan fingerprint density at radius 2 is 1.55 bits per heavy atom. The summed E-state index contributed by atoms with van der Waals surface area (Å²) in [6.45, 7) is 0. The van der Waals surface area contributed by atoms with E-state index in [1.165, 1.54) is 0 Å². The van der Waals surface area contributed by atoms with Gasteiger partial charge in [0.2, 0.25) is 0 Å². The third-order valence-corrected chi connectivity index (χ3v) is 3.66. The topological polar surface area (TPSA) is 63.7 Å². The van der Waals surface area contributed by atoms with E-state index in [2.05, 4.69) is 15.3 Å². The van der Waals surface area contributed by atoms with Crippen LogP contribution in [-0.2, 0) is 0 Å². The molecule has 2 aromatic carbocycles. The highest BCUT2D eigenvalue weighted by atomic mass is 14.9. The van der Waals surface area contributed by atoms with Gasteiger partial charge in [0, 0.05) is 24.8 Å². The fraction of sp³-hybridized carbons (Fsp3) is 0. The van der Waals surface area contributed by atoms with Crippen molar-refractivity contribution in [2.75, 3.05) is 0 Å². The molecule has 0 aliphatic carbocycles. The zero-order valence-electron chi connectivity index (χ0n) is 11.7. The molecule has 0 spiro atoms. The molecule has 1 N–H and O–H groups in total. The summed E-state index contributed by atoms with van der Waals surface area (Å²) in [6.07, 6.45) is 7.10. The van der Waals surface area contributed by atoms with Gasteiger partial charge in [-0.2, -0.15) is 5.69 Å². The van der Waals surface area contributed by atoms with Crippen molar-refractivity contribution in [2.24, 2.45) is 0 Å². The molecule has 106 valence electrons. The maximum Gasteiger partial charge on any atom is 0.0345 e. The summed E-state index contributed by atoms with van der Waals surface area (Å²) < 4.78 is 0. The lowest BCUT2D eigenvalue weighted by molar-refractivity contribution is 1.36. The van der Waals surface area contributed by atoms with E-state index in [0.29, 0.717) is 11.4 Å². The maximum atomic E-state index is 8.13. The van der Waals surface area contributed by atoms with Gasteiger partial charge < -0.3 is 11.1 Å². The predicted molar refractivity (Wildman–Crippen MR) is 90.1 cm³/mol. The standard InChI is InChI=1S/C18H12N4/c19-17-4-2-13-6-8-21-11-16(13)18(17)22-15-3-1-12-5-7-20-10-14(12)9-15/h1-11,19H/q-2. The number of fused-ring (bicyclic) bond motifs is 2. The molecule has 2 aromatic heterocycles. The lowest BCUT2D eigenvalue weighted by Gasteiger charge is -2.30. The molecule has 0 aliphatic heterocycles. The van der Waals surface area contributed by atoms with Crippen molar-refractivity contribution in [2.45, 2.75) is 0 Å². The molecule has 0 radical (unpaired) electrons.